The van der Waals surface area contributed by atoms with Crippen LogP contribution in [0.2, 0.25) is 0 Å². The van der Waals surface area contributed by atoms with E-state index in [9.17, 15) is 13.2 Å². The van der Waals surface area contributed by atoms with Crippen molar-refractivity contribution in [2.75, 3.05) is 18.8 Å². The van der Waals surface area contributed by atoms with Gasteiger partial charge in [-0.1, -0.05) is 12.1 Å². The summed E-state index contributed by atoms with van der Waals surface area (Å²) in [5, 5.41) is 0.612. The Hall–Kier alpha value is -1.60. The fourth-order valence-corrected chi connectivity index (χ4v) is 3.51. The Bertz CT molecular complexity index is 624. The largest absolute Gasteiger partial charge is 0.416 e. The average Bonchev–Trinajstić information content (AvgIpc) is 2.72. The van der Waals surface area contributed by atoms with Gasteiger partial charge in [-0.2, -0.15) is 13.2 Å². The Morgan fingerprint density at radius 2 is 1.82 bits per heavy atom. The van der Waals surface area contributed by atoms with Crippen LogP contribution in [0.25, 0.3) is 0 Å². The molecule has 1 aromatic carbocycles. The molecule has 0 radical (unpaired) electrons. The van der Waals surface area contributed by atoms with E-state index in [1.807, 2.05) is 0 Å². The fraction of sp³-hybridized carbons (Fsp3) is 0.400. The summed E-state index contributed by atoms with van der Waals surface area (Å²) >= 11 is 1.53. The molecule has 0 amide bonds. The zero-order valence-corrected chi connectivity index (χ0v) is 12.7. The standard InChI is InChI=1S/C15H16F3N3S/c16-15(17,18)11-3-1-10(2-4-11)9-21-7-5-12-13(6-8-21)22-14(19)20-12/h1-4H,5-9H2,(H2,19,20). The van der Waals surface area contributed by atoms with Crippen molar-refractivity contribution in [1.29, 1.82) is 0 Å². The molecule has 1 aliphatic rings. The maximum Gasteiger partial charge on any atom is 0.416 e. The molecule has 0 bridgehead atoms. The topological polar surface area (TPSA) is 42.1 Å². The van der Waals surface area contributed by atoms with Crippen LogP contribution in [-0.4, -0.2) is 23.0 Å². The van der Waals surface area contributed by atoms with Gasteiger partial charge in [0.15, 0.2) is 5.13 Å². The SMILES string of the molecule is Nc1nc2c(s1)CCN(Cc1ccc(C(F)(F)F)cc1)CC2. The first-order valence-corrected chi connectivity index (χ1v) is 7.86. The zero-order chi connectivity index (χ0) is 15.7. The maximum atomic E-state index is 12.6. The summed E-state index contributed by atoms with van der Waals surface area (Å²) in [7, 11) is 0. The quantitative estimate of drug-likeness (QED) is 0.920. The molecule has 22 heavy (non-hydrogen) atoms. The first-order chi connectivity index (χ1) is 10.4. The predicted molar refractivity (Wildman–Crippen MR) is 80.7 cm³/mol. The number of nitrogens with zero attached hydrogens (tertiary/aromatic N) is 2. The molecule has 0 atom stereocenters. The number of nitrogen functional groups attached to an aromatic ring is 1. The number of alkyl halides is 3. The van der Waals surface area contributed by atoms with Gasteiger partial charge in [0.25, 0.3) is 0 Å². The van der Waals surface area contributed by atoms with Crippen molar-refractivity contribution in [3.05, 3.63) is 46.0 Å². The van der Waals surface area contributed by atoms with E-state index >= 15 is 0 Å². The third-order valence-corrected chi connectivity index (χ3v) is 4.79. The molecule has 3 rings (SSSR count). The number of rotatable bonds is 2. The van der Waals surface area contributed by atoms with Gasteiger partial charge in [-0.05, 0) is 24.1 Å². The van der Waals surface area contributed by atoms with Crippen LogP contribution in [-0.2, 0) is 25.6 Å². The minimum atomic E-state index is -4.28. The number of thiazole rings is 1. The highest BCUT2D eigenvalue weighted by Crippen LogP contribution is 2.29. The van der Waals surface area contributed by atoms with E-state index in [4.69, 9.17) is 5.73 Å². The molecule has 2 heterocycles. The average molecular weight is 327 g/mol. The molecule has 0 saturated heterocycles. The first kappa shape index (κ1) is 15.3. The predicted octanol–water partition coefficient (Wildman–Crippen LogP) is 3.34. The van der Waals surface area contributed by atoms with E-state index in [1.165, 1.54) is 16.2 Å². The Morgan fingerprint density at radius 1 is 1.14 bits per heavy atom. The number of aromatic nitrogens is 1. The van der Waals surface area contributed by atoms with Gasteiger partial charge in [0.2, 0.25) is 0 Å². The second-order valence-corrected chi connectivity index (χ2v) is 6.51. The third kappa shape index (κ3) is 3.41. The number of hydrogen-bond donors (Lipinski definition) is 1. The van der Waals surface area contributed by atoms with Crippen molar-refractivity contribution < 1.29 is 13.2 Å². The Labute approximate surface area is 130 Å². The summed E-state index contributed by atoms with van der Waals surface area (Å²) < 4.78 is 37.7. The van der Waals surface area contributed by atoms with Crippen LogP contribution in [0.5, 0.6) is 0 Å². The second-order valence-electron chi connectivity index (χ2n) is 5.39. The molecule has 2 aromatic rings. The highest BCUT2D eigenvalue weighted by molar-refractivity contribution is 7.15. The highest BCUT2D eigenvalue weighted by atomic mass is 32.1. The van der Waals surface area contributed by atoms with Crippen LogP contribution in [0.15, 0.2) is 24.3 Å². The van der Waals surface area contributed by atoms with Gasteiger partial charge in [-0.15, -0.1) is 11.3 Å². The number of nitrogens with two attached hydrogens (primary N) is 1. The maximum absolute atomic E-state index is 12.6. The lowest BCUT2D eigenvalue weighted by Crippen LogP contribution is -2.26. The molecule has 1 aromatic heterocycles. The van der Waals surface area contributed by atoms with E-state index in [2.05, 4.69) is 9.88 Å². The number of benzene rings is 1. The lowest BCUT2D eigenvalue weighted by molar-refractivity contribution is -0.137. The molecule has 0 spiro atoms. The van der Waals surface area contributed by atoms with Gasteiger partial charge in [0.1, 0.15) is 0 Å². The molecular formula is C15H16F3N3S. The van der Waals surface area contributed by atoms with E-state index in [-0.39, 0.29) is 0 Å². The van der Waals surface area contributed by atoms with Crippen molar-refractivity contribution in [1.82, 2.24) is 9.88 Å². The molecule has 3 nitrogen and oxygen atoms in total. The van der Waals surface area contributed by atoms with Crippen molar-refractivity contribution >= 4 is 16.5 Å². The van der Waals surface area contributed by atoms with E-state index in [0.717, 1.165) is 49.3 Å². The lowest BCUT2D eigenvalue weighted by atomic mass is 10.1. The fourth-order valence-electron chi connectivity index (χ4n) is 2.64. The normalized spacial score (nSPS) is 16.3. The molecule has 2 N–H and O–H groups in total. The van der Waals surface area contributed by atoms with E-state index in [0.29, 0.717) is 11.7 Å². The Morgan fingerprint density at radius 3 is 2.50 bits per heavy atom. The van der Waals surface area contributed by atoms with Gasteiger partial charge in [0.05, 0.1) is 11.3 Å². The van der Waals surface area contributed by atoms with Crippen molar-refractivity contribution in [3.63, 3.8) is 0 Å². The molecule has 0 saturated carbocycles. The zero-order valence-electron chi connectivity index (χ0n) is 11.9. The van der Waals surface area contributed by atoms with Crippen LogP contribution in [0.3, 0.4) is 0 Å². The van der Waals surface area contributed by atoms with Gasteiger partial charge < -0.3 is 5.73 Å². The minimum absolute atomic E-state index is 0.603. The van der Waals surface area contributed by atoms with Crippen LogP contribution in [0.4, 0.5) is 18.3 Å². The van der Waals surface area contributed by atoms with Crippen molar-refractivity contribution in [3.8, 4) is 0 Å². The summed E-state index contributed by atoms with van der Waals surface area (Å²) in [5.74, 6) is 0. The summed E-state index contributed by atoms with van der Waals surface area (Å²) in [6, 6.07) is 5.40. The van der Waals surface area contributed by atoms with E-state index < -0.39 is 11.7 Å². The number of fused-ring (bicyclic) bond motifs is 1. The van der Waals surface area contributed by atoms with Gasteiger partial charge in [-0.3, -0.25) is 4.90 Å². The van der Waals surface area contributed by atoms with Crippen molar-refractivity contribution in [2.24, 2.45) is 0 Å². The molecule has 0 unspecified atom stereocenters. The van der Waals surface area contributed by atoms with Crippen LogP contribution >= 0.6 is 11.3 Å². The summed E-state index contributed by atoms with van der Waals surface area (Å²) in [6.07, 6.45) is -2.55. The smallest absolute Gasteiger partial charge is 0.375 e. The van der Waals surface area contributed by atoms with Crippen LogP contribution in [0.1, 0.15) is 21.7 Å². The summed E-state index contributed by atoms with van der Waals surface area (Å²) in [6.45, 7) is 2.37. The summed E-state index contributed by atoms with van der Waals surface area (Å²) in [4.78, 5) is 7.81. The highest BCUT2D eigenvalue weighted by Gasteiger charge is 2.30. The van der Waals surface area contributed by atoms with E-state index in [1.54, 1.807) is 12.1 Å². The molecule has 7 heteroatoms. The molecule has 118 valence electrons. The molecule has 0 fully saturated rings. The number of halogens is 3. The Kier molecular flexibility index (Phi) is 4.10. The third-order valence-electron chi connectivity index (χ3n) is 3.80. The second kappa shape index (κ2) is 5.89. The molecule has 0 aliphatic carbocycles. The monoisotopic (exact) mass is 327 g/mol. The minimum Gasteiger partial charge on any atom is -0.375 e. The van der Waals surface area contributed by atoms with Gasteiger partial charge in [0, 0.05) is 30.9 Å². The Balaban J connectivity index is 1.63. The summed E-state index contributed by atoms with van der Waals surface area (Å²) in [5.41, 5.74) is 7.08. The van der Waals surface area contributed by atoms with Gasteiger partial charge >= 0.3 is 6.18 Å². The first-order valence-electron chi connectivity index (χ1n) is 7.04. The number of hydrogen-bond acceptors (Lipinski definition) is 4. The number of anilines is 1. The lowest BCUT2D eigenvalue weighted by Gasteiger charge is -2.20. The molecular weight excluding hydrogens is 311 g/mol. The van der Waals surface area contributed by atoms with Gasteiger partial charge in [-0.25, -0.2) is 4.98 Å². The van der Waals surface area contributed by atoms with Crippen LogP contribution < -0.4 is 5.73 Å². The van der Waals surface area contributed by atoms with Crippen LogP contribution in [0, 0.1) is 0 Å². The van der Waals surface area contributed by atoms with Crippen molar-refractivity contribution in [2.45, 2.75) is 25.6 Å². The molecule has 1 aliphatic heterocycles.